The van der Waals surface area contributed by atoms with E-state index in [0.29, 0.717) is 23.0 Å². The van der Waals surface area contributed by atoms with Gasteiger partial charge in [0.05, 0.1) is 10.9 Å². The average molecular weight is 190 g/mol. The molecule has 0 radical (unpaired) electrons. The van der Waals surface area contributed by atoms with Gasteiger partial charge in [-0.3, -0.25) is 0 Å². The van der Waals surface area contributed by atoms with Crippen molar-refractivity contribution >= 4 is 11.0 Å². The fourth-order valence-corrected chi connectivity index (χ4v) is 1.48. The monoisotopic (exact) mass is 190 g/mol. The Kier molecular flexibility index (Phi) is 2.00. The molecule has 0 aliphatic rings. The van der Waals surface area contributed by atoms with Crippen LogP contribution in [-0.4, -0.2) is 5.11 Å². The summed E-state index contributed by atoms with van der Waals surface area (Å²) in [6, 6.07) is 6.94. The Balaban J connectivity index is 2.93. The van der Waals surface area contributed by atoms with E-state index in [9.17, 15) is 9.90 Å². The highest BCUT2D eigenvalue weighted by Crippen LogP contribution is 2.25. The maximum Gasteiger partial charge on any atom is 0.343 e. The van der Waals surface area contributed by atoms with Crippen LogP contribution < -0.4 is 5.63 Å². The van der Waals surface area contributed by atoms with Gasteiger partial charge in [-0.2, -0.15) is 0 Å². The average Bonchev–Trinajstić information content (AvgIpc) is 2.18. The van der Waals surface area contributed by atoms with Crippen molar-refractivity contribution in [1.29, 1.82) is 0 Å². The van der Waals surface area contributed by atoms with E-state index in [1.165, 1.54) is 0 Å². The smallest absolute Gasteiger partial charge is 0.343 e. The molecule has 1 heterocycles. The third-order valence-electron chi connectivity index (χ3n) is 2.23. The first-order chi connectivity index (χ1) is 6.74. The Morgan fingerprint density at radius 2 is 2.07 bits per heavy atom. The Bertz CT molecular complexity index is 526. The van der Waals surface area contributed by atoms with Gasteiger partial charge in [0.25, 0.3) is 0 Å². The number of hydrogen-bond donors (Lipinski definition) is 1. The molecular weight excluding hydrogens is 180 g/mol. The van der Waals surface area contributed by atoms with Crippen molar-refractivity contribution in [2.75, 3.05) is 0 Å². The van der Waals surface area contributed by atoms with E-state index in [1.54, 1.807) is 31.2 Å². The maximum atomic E-state index is 11.4. The molecule has 1 aromatic heterocycles. The minimum absolute atomic E-state index is 0.0411. The summed E-state index contributed by atoms with van der Waals surface area (Å²) in [5, 5.41) is 10.4. The van der Waals surface area contributed by atoms with Crippen LogP contribution in [0.4, 0.5) is 0 Å². The summed E-state index contributed by atoms with van der Waals surface area (Å²) in [6.07, 6.45) is 0.471. The summed E-state index contributed by atoms with van der Waals surface area (Å²) in [4.78, 5) is 11.4. The molecule has 3 nitrogen and oxygen atoms in total. The van der Waals surface area contributed by atoms with Crippen LogP contribution in [0.25, 0.3) is 11.0 Å². The number of aromatic hydroxyl groups is 1. The van der Waals surface area contributed by atoms with Gasteiger partial charge in [-0.25, -0.2) is 4.79 Å². The highest BCUT2D eigenvalue weighted by molar-refractivity contribution is 5.83. The Hall–Kier alpha value is -1.77. The molecular formula is C11H10O3. The molecule has 72 valence electrons. The van der Waals surface area contributed by atoms with Gasteiger partial charge in [0.1, 0.15) is 11.3 Å². The molecule has 0 amide bonds. The van der Waals surface area contributed by atoms with Crippen molar-refractivity contribution in [3.8, 4) is 5.75 Å². The summed E-state index contributed by atoms with van der Waals surface area (Å²) in [5.41, 5.74) is 0.305. The molecule has 14 heavy (non-hydrogen) atoms. The van der Waals surface area contributed by atoms with E-state index in [-0.39, 0.29) is 5.75 Å². The van der Waals surface area contributed by atoms with Crippen LogP contribution in [0.1, 0.15) is 12.5 Å². The van der Waals surface area contributed by atoms with Gasteiger partial charge in [-0.1, -0.05) is 19.1 Å². The van der Waals surface area contributed by atoms with E-state index in [4.69, 9.17) is 4.42 Å². The third kappa shape index (κ3) is 1.18. The largest absolute Gasteiger partial charge is 0.507 e. The van der Waals surface area contributed by atoms with E-state index in [2.05, 4.69) is 0 Å². The number of benzene rings is 1. The minimum Gasteiger partial charge on any atom is -0.507 e. The van der Waals surface area contributed by atoms with Gasteiger partial charge in [-0.05, 0) is 18.6 Å². The van der Waals surface area contributed by atoms with Crippen LogP contribution in [0.5, 0.6) is 5.75 Å². The molecule has 1 aromatic carbocycles. The number of rotatable bonds is 1. The Labute approximate surface area is 80.6 Å². The van der Waals surface area contributed by atoms with Gasteiger partial charge in [0, 0.05) is 0 Å². The van der Waals surface area contributed by atoms with Crippen LogP contribution >= 0.6 is 0 Å². The summed E-state index contributed by atoms with van der Waals surface area (Å²) < 4.78 is 5.05. The van der Waals surface area contributed by atoms with Crippen molar-refractivity contribution in [3.05, 3.63) is 40.2 Å². The molecule has 0 saturated heterocycles. The zero-order chi connectivity index (χ0) is 10.1. The second-order valence-corrected chi connectivity index (χ2v) is 3.07. The molecule has 0 aliphatic carbocycles. The Morgan fingerprint density at radius 3 is 2.79 bits per heavy atom. The number of para-hydroxylation sites is 1. The van der Waals surface area contributed by atoms with Crippen molar-refractivity contribution < 1.29 is 9.52 Å². The molecule has 0 fully saturated rings. The van der Waals surface area contributed by atoms with Gasteiger partial charge in [0.2, 0.25) is 0 Å². The fraction of sp³-hybridized carbons (Fsp3) is 0.182. The third-order valence-corrected chi connectivity index (χ3v) is 2.23. The van der Waals surface area contributed by atoms with Crippen molar-refractivity contribution in [3.63, 3.8) is 0 Å². The summed E-state index contributed by atoms with van der Waals surface area (Å²) >= 11 is 0. The van der Waals surface area contributed by atoms with Crippen LogP contribution in [0, 0.1) is 0 Å². The highest BCUT2D eigenvalue weighted by atomic mass is 16.4. The predicted molar refractivity (Wildman–Crippen MR) is 53.5 cm³/mol. The van der Waals surface area contributed by atoms with E-state index in [0.717, 1.165) is 0 Å². The lowest BCUT2D eigenvalue weighted by Crippen LogP contribution is -2.06. The molecule has 0 bridgehead atoms. The zero-order valence-corrected chi connectivity index (χ0v) is 7.78. The summed E-state index contributed by atoms with van der Waals surface area (Å²) in [7, 11) is 0. The maximum absolute atomic E-state index is 11.4. The van der Waals surface area contributed by atoms with Crippen LogP contribution in [-0.2, 0) is 6.42 Å². The second-order valence-electron chi connectivity index (χ2n) is 3.07. The fourth-order valence-electron chi connectivity index (χ4n) is 1.48. The van der Waals surface area contributed by atoms with E-state index >= 15 is 0 Å². The normalized spacial score (nSPS) is 10.6. The van der Waals surface area contributed by atoms with Crippen LogP contribution in [0.15, 0.2) is 33.5 Å². The topological polar surface area (TPSA) is 50.4 Å². The standard InChI is InChI=1S/C11H10O3/c1-2-7-10(12)8-5-3-4-6-9(8)14-11(7)13/h3-6,12H,2H2,1H3. The first-order valence-electron chi connectivity index (χ1n) is 4.47. The zero-order valence-electron chi connectivity index (χ0n) is 7.78. The summed E-state index contributed by atoms with van der Waals surface area (Å²) in [6.45, 7) is 1.81. The van der Waals surface area contributed by atoms with Gasteiger partial charge >= 0.3 is 5.63 Å². The van der Waals surface area contributed by atoms with Crippen LogP contribution in [0.3, 0.4) is 0 Å². The predicted octanol–water partition coefficient (Wildman–Crippen LogP) is 2.06. The second kappa shape index (κ2) is 3.18. The van der Waals surface area contributed by atoms with Crippen molar-refractivity contribution in [2.45, 2.75) is 13.3 Å². The van der Waals surface area contributed by atoms with Crippen molar-refractivity contribution in [1.82, 2.24) is 0 Å². The Morgan fingerprint density at radius 1 is 1.36 bits per heavy atom. The first-order valence-corrected chi connectivity index (χ1v) is 4.47. The van der Waals surface area contributed by atoms with E-state index < -0.39 is 5.63 Å². The lowest BCUT2D eigenvalue weighted by Gasteiger charge is -2.03. The van der Waals surface area contributed by atoms with Gasteiger partial charge in [-0.15, -0.1) is 0 Å². The SMILES string of the molecule is CCc1c(O)c2ccccc2oc1=O. The van der Waals surface area contributed by atoms with Gasteiger partial charge in [0.15, 0.2) is 0 Å². The quantitative estimate of drug-likeness (QED) is 0.700. The minimum atomic E-state index is -0.455. The molecule has 0 unspecified atom stereocenters. The lowest BCUT2D eigenvalue weighted by molar-refractivity contribution is 0.458. The van der Waals surface area contributed by atoms with E-state index in [1.807, 2.05) is 0 Å². The molecule has 3 heteroatoms. The van der Waals surface area contributed by atoms with Crippen LogP contribution in [0.2, 0.25) is 0 Å². The molecule has 0 atom stereocenters. The molecule has 1 N–H and O–H groups in total. The molecule has 0 saturated carbocycles. The molecule has 2 rings (SSSR count). The van der Waals surface area contributed by atoms with Gasteiger partial charge < -0.3 is 9.52 Å². The molecule has 2 aromatic rings. The first kappa shape index (κ1) is 8.81. The number of fused-ring (bicyclic) bond motifs is 1. The highest BCUT2D eigenvalue weighted by Gasteiger charge is 2.10. The molecule has 0 aliphatic heterocycles. The lowest BCUT2D eigenvalue weighted by atomic mass is 10.1. The number of hydrogen-bond acceptors (Lipinski definition) is 3. The molecule has 0 spiro atoms. The summed E-state index contributed by atoms with van der Waals surface area (Å²) in [5.74, 6) is 0.0411. The van der Waals surface area contributed by atoms with Crippen molar-refractivity contribution in [2.24, 2.45) is 0 Å².